The first-order chi connectivity index (χ1) is 12.9. The Kier molecular flexibility index (Phi) is 8.59. The van der Waals surface area contributed by atoms with Gasteiger partial charge in [-0.2, -0.15) is 0 Å². The minimum atomic E-state index is -1.82. The van der Waals surface area contributed by atoms with Gasteiger partial charge in [0.25, 0.3) is 11.8 Å². The quantitative estimate of drug-likeness (QED) is 0.421. The zero-order valence-corrected chi connectivity index (χ0v) is 14.3. The Morgan fingerprint density at radius 1 is 0.926 bits per heavy atom. The maximum atomic E-state index is 12.0. The summed E-state index contributed by atoms with van der Waals surface area (Å²) in [6.45, 7) is 0.615. The molecule has 1 aromatic carbocycles. The molecular formula is C17H18N2O8. The van der Waals surface area contributed by atoms with Crippen LogP contribution in [0.25, 0.3) is 0 Å². The number of nitrogens with one attached hydrogen (secondary N) is 2. The summed E-state index contributed by atoms with van der Waals surface area (Å²) in [6, 6.07) is 10.2. The number of methoxy groups -OCH3 is 1. The Balaban J connectivity index is 0.000000527. The predicted molar refractivity (Wildman–Crippen MR) is 91.6 cm³/mol. The summed E-state index contributed by atoms with van der Waals surface area (Å²) < 4.78 is 10.1. The van der Waals surface area contributed by atoms with Crippen molar-refractivity contribution in [3.05, 3.63) is 54.0 Å². The minimum Gasteiger partial charge on any atom is -0.496 e. The average molecular weight is 378 g/mol. The maximum absolute atomic E-state index is 12.0. The Hall–Kier alpha value is -3.82. The van der Waals surface area contributed by atoms with Crippen LogP contribution < -0.4 is 15.4 Å². The van der Waals surface area contributed by atoms with Crippen molar-refractivity contribution < 1.29 is 38.5 Å². The van der Waals surface area contributed by atoms with Gasteiger partial charge in [-0.3, -0.25) is 9.59 Å². The van der Waals surface area contributed by atoms with Crippen molar-refractivity contribution in [2.24, 2.45) is 0 Å². The molecule has 2 aromatic rings. The van der Waals surface area contributed by atoms with Crippen LogP contribution in [0.3, 0.4) is 0 Å². The first-order valence-electron chi connectivity index (χ1n) is 7.56. The lowest BCUT2D eigenvalue weighted by Crippen LogP contribution is -2.34. The number of benzene rings is 1. The van der Waals surface area contributed by atoms with Gasteiger partial charge in [0, 0.05) is 13.1 Å². The molecule has 0 spiro atoms. The summed E-state index contributed by atoms with van der Waals surface area (Å²) in [6.07, 6.45) is 1.43. The third-order valence-corrected chi connectivity index (χ3v) is 2.98. The molecule has 0 saturated carbocycles. The summed E-state index contributed by atoms with van der Waals surface area (Å²) in [5.74, 6) is -3.46. The molecule has 144 valence electrons. The van der Waals surface area contributed by atoms with Gasteiger partial charge in [0.2, 0.25) is 0 Å². The van der Waals surface area contributed by atoms with Gasteiger partial charge in [-0.05, 0) is 24.3 Å². The van der Waals surface area contributed by atoms with Crippen molar-refractivity contribution in [3.63, 3.8) is 0 Å². The number of furan rings is 1. The van der Waals surface area contributed by atoms with Crippen molar-refractivity contribution in [2.45, 2.75) is 0 Å². The lowest BCUT2D eigenvalue weighted by atomic mass is 10.2. The number of carbonyl (C=O) groups excluding carboxylic acids is 2. The molecule has 0 aliphatic carbocycles. The number of carboxylic acid groups (broad SMARTS) is 2. The summed E-state index contributed by atoms with van der Waals surface area (Å²) in [7, 11) is 1.51. The smallest absolute Gasteiger partial charge is 0.414 e. The van der Waals surface area contributed by atoms with E-state index in [1.165, 1.54) is 13.4 Å². The normalized spacial score (nSPS) is 9.37. The predicted octanol–water partition coefficient (Wildman–Crippen LogP) is 0.604. The summed E-state index contributed by atoms with van der Waals surface area (Å²) in [5.41, 5.74) is 0.456. The molecule has 0 bridgehead atoms. The molecule has 27 heavy (non-hydrogen) atoms. The van der Waals surface area contributed by atoms with Crippen molar-refractivity contribution >= 4 is 23.8 Å². The van der Waals surface area contributed by atoms with Crippen LogP contribution in [0.1, 0.15) is 20.9 Å². The monoisotopic (exact) mass is 378 g/mol. The zero-order valence-electron chi connectivity index (χ0n) is 14.3. The van der Waals surface area contributed by atoms with Crippen molar-refractivity contribution in [2.75, 3.05) is 20.2 Å². The molecule has 0 radical (unpaired) electrons. The second kappa shape index (κ2) is 10.9. The van der Waals surface area contributed by atoms with E-state index < -0.39 is 11.9 Å². The van der Waals surface area contributed by atoms with Gasteiger partial charge in [-0.25, -0.2) is 9.59 Å². The molecular weight excluding hydrogens is 360 g/mol. The Bertz CT molecular complexity index is 774. The number of hydrogen-bond donors (Lipinski definition) is 4. The number of amides is 2. The van der Waals surface area contributed by atoms with E-state index in [0.717, 1.165) is 0 Å². The molecule has 4 N–H and O–H groups in total. The first kappa shape index (κ1) is 21.2. The van der Waals surface area contributed by atoms with E-state index in [4.69, 9.17) is 29.0 Å². The SMILES string of the molecule is COc1ccccc1C(=O)NCCNC(=O)c1ccco1.O=C(O)C(=O)O. The van der Waals surface area contributed by atoms with E-state index in [9.17, 15) is 9.59 Å². The second-order valence-electron chi connectivity index (χ2n) is 4.80. The summed E-state index contributed by atoms with van der Waals surface area (Å²) in [4.78, 5) is 41.8. The molecule has 0 atom stereocenters. The number of rotatable bonds is 6. The minimum absolute atomic E-state index is 0.242. The molecule has 10 nitrogen and oxygen atoms in total. The van der Waals surface area contributed by atoms with Crippen LogP contribution in [0.2, 0.25) is 0 Å². The molecule has 0 saturated heterocycles. The number of para-hydroxylation sites is 1. The lowest BCUT2D eigenvalue weighted by molar-refractivity contribution is -0.159. The highest BCUT2D eigenvalue weighted by Gasteiger charge is 2.11. The average Bonchev–Trinajstić information content (AvgIpc) is 3.20. The fourth-order valence-corrected chi connectivity index (χ4v) is 1.77. The first-order valence-corrected chi connectivity index (χ1v) is 7.56. The number of carbonyl (C=O) groups is 4. The van der Waals surface area contributed by atoms with Gasteiger partial charge in [0.15, 0.2) is 5.76 Å². The van der Waals surface area contributed by atoms with Gasteiger partial charge >= 0.3 is 11.9 Å². The molecule has 2 amide bonds. The molecule has 1 aromatic heterocycles. The van der Waals surface area contributed by atoms with Crippen LogP contribution in [0.15, 0.2) is 47.1 Å². The van der Waals surface area contributed by atoms with Crippen molar-refractivity contribution in [1.82, 2.24) is 10.6 Å². The Morgan fingerprint density at radius 3 is 2.04 bits per heavy atom. The van der Waals surface area contributed by atoms with Crippen LogP contribution in [0.4, 0.5) is 0 Å². The van der Waals surface area contributed by atoms with Gasteiger partial charge < -0.3 is 30.0 Å². The van der Waals surface area contributed by atoms with Gasteiger partial charge in [-0.1, -0.05) is 12.1 Å². The summed E-state index contributed by atoms with van der Waals surface area (Å²) >= 11 is 0. The van der Waals surface area contributed by atoms with E-state index in [2.05, 4.69) is 10.6 Å². The molecule has 0 fully saturated rings. The number of ether oxygens (including phenoxy) is 1. The van der Waals surface area contributed by atoms with Crippen LogP contribution in [0, 0.1) is 0 Å². The molecule has 10 heteroatoms. The van der Waals surface area contributed by atoms with Crippen LogP contribution in [0.5, 0.6) is 5.75 Å². The highest BCUT2D eigenvalue weighted by Crippen LogP contribution is 2.16. The zero-order chi connectivity index (χ0) is 20.2. The van der Waals surface area contributed by atoms with Crippen molar-refractivity contribution in [1.29, 1.82) is 0 Å². The van der Waals surface area contributed by atoms with E-state index in [1.807, 2.05) is 0 Å². The third-order valence-electron chi connectivity index (χ3n) is 2.98. The fraction of sp³-hybridized carbons (Fsp3) is 0.176. The Labute approximate surface area is 153 Å². The standard InChI is InChI=1S/C15H16N2O4.C2H2O4/c1-20-12-6-3-2-5-11(12)14(18)16-8-9-17-15(19)13-7-4-10-21-13;3-1(4)2(5)6/h2-7,10H,8-9H2,1H3,(H,16,18)(H,17,19);(H,3,4)(H,5,6). The number of carboxylic acids is 2. The fourth-order valence-electron chi connectivity index (χ4n) is 1.77. The van der Waals surface area contributed by atoms with E-state index in [1.54, 1.807) is 36.4 Å². The van der Waals surface area contributed by atoms with Gasteiger partial charge in [-0.15, -0.1) is 0 Å². The van der Waals surface area contributed by atoms with Crippen LogP contribution in [-0.4, -0.2) is 54.2 Å². The second-order valence-corrected chi connectivity index (χ2v) is 4.80. The highest BCUT2D eigenvalue weighted by atomic mass is 16.5. The lowest BCUT2D eigenvalue weighted by Gasteiger charge is -2.09. The van der Waals surface area contributed by atoms with Crippen molar-refractivity contribution in [3.8, 4) is 5.75 Å². The third kappa shape index (κ3) is 7.30. The Morgan fingerprint density at radius 2 is 1.52 bits per heavy atom. The van der Waals surface area contributed by atoms with Crippen LogP contribution in [-0.2, 0) is 9.59 Å². The molecule has 1 heterocycles. The van der Waals surface area contributed by atoms with E-state index in [-0.39, 0.29) is 17.6 Å². The maximum Gasteiger partial charge on any atom is 0.414 e. The molecule has 0 aliphatic rings. The van der Waals surface area contributed by atoms with Crippen LogP contribution >= 0.6 is 0 Å². The molecule has 0 aliphatic heterocycles. The van der Waals surface area contributed by atoms with Gasteiger partial charge in [0.1, 0.15) is 5.75 Å². The largest absolute Gasteiger partial charge is 0.496 e. The highest BCUT2D eigenvalue weighted by molar-refractivity contribution is 6.27. The number of aliphatic carboxylic acids is 2. The molecule has 0 unspecified atom stereocenters. The molecule has 2 rings (SSSR count). The van der Waals surface area contributed by atoms with E-state index in [0.29, 0.717) is 24.4 Å². The number of hydrogen-bond acceptors (Lipinski definition) is 6. The van der Waals surface area contributed by atoms with Gasteiger partial charge in [0.05, 0.1) is 18.9 Å². The topological polar surface area (TPSA) is 155 Å². The van der Waals surface area contributed by atoms with E-state index >= 15 is 0 Å². The summed E-state index contributed by atoms with van der Waals surface area (Å²) in [5, 5.41) is 20.1.